The molecule has 8 heteroatoms. The van der Waals surface area contributed by atoms with Gasteiger partial charge in [-0.2, -0.15) is 0 Å². The number of rotatable bonds is 5. The maximum Gasteiger partial charge on any atom is 0.329 e. The minimum Gasteiger partial charge on any atom is -0.497 e. The second kappa shape index (κ2) is 8.07. The lowest BCUT2D eigenvalue weighted by Gasteiger charge is -2.53. The fraction of sp³-hybridized carbons (Fsp3) is 0.636. The Morgan fingerprint density at radius 1 is 1.30 bits per heavy atom. The molecular weight excluding hydrogens is 390 g/mol. The van der Waals surface area contributed by atoms with Crippen molar-refractivity contribution in [2.24, 2.45) is 11.8 Å². The second-order valence-corrected chi connectivity index (χ2v) is 8.82. The molecular formula is C22H29NO7. The van der Waals surface area contributed by atoms with Gasteiger partial charge in [0.1, 0.15) is 30.3 Å². The van der Waals surface area contributed by atoms with Crippen molar-refractivity contribution < 1.29 is 33.6 Å². The number of carboxylic acid groups (broad SMARTS) is 1. The molecule has 2 saturated heterocycles. The minimum atomic E-state index is -1.08. The number of fused-ring (bicyclic) bond motifs is 4. The molecule has 1 amide bonds. The van der Waals surface area contributed by atoms with Crippen LogP contribution in [-0.4, -0.2) is 67.0 Å². The lowest BCUT2D eigenvalue weighted by Crippen LogP contribution is -2.56. The first-order valence-electron chi connectivity index (χ1n) is 10.4. The highest BCUT2D eigenvalue weighted by Crippen LogP contribution is 2.53. The van der Waals surface area contributed by atoms with Crippen molar-refractivity contribution >= 4 is 11.9 Å². The molecule has 0 aromatic heterocycles. The van der Waals surface area contributed by atoms with E-state index in [1.165, 1.54) is 0 Å². The van der Waals surface area contributed by atoms with Crippen LogP contribution in [0.5, 0.6) is 11.5 Å². The van der Waals surface area contributed by atoms with Crippen LogP contribution in [0.25, 0.3) is 0 Å². The third-order valence-corrected chi connectivity index (χ3v) is 6.50. The lowest BCUT2D eigenvalue weighted by atomic mass is 9.70. The largest absolute Gasteiger partial charge is 0.497 e. The minimum absolute atomic E-state index is 0.0444. The zero-order valence-electron chi connectivity index (χ0n) is 17.6. The summed E-state index contributed by atoms with van der Waals surface area (Å²) in [7, 11) is 1.64. The molecule has 0 saturated carbocycles. The fourth-order valence-electron chi connectivity index (χ4n) is 4.96. The molecule has 0 unspecified atom stereocenters. The van der Waals surface area contributed by atoms with Crippen molar-refractivity contribution in [2.45, 2.75) is 44.5 Å². The summed E-state index contributed by atoms with van der Waals surface area (Å²) in [5, 5.41) is 8.66. The fourth-order valence-corrected chi connectivity index (χ4v) is 4.96. The maximum atomic E-state index is 12.4. The van der Waals surface area contributed by atoms with Crippen molar-refractivity contribution in [3.63, 3.8) is 0 Å². The number of hydrogen-bond acceptors (Lipinski definition) is 6. The van der Waals surface area contributed by atoms with Gasteiger partial charge in [0.25, 0.3) is 0 Å². The van der Waals surface area contributed by atoms with Crippen LogP contribution in [0.4, 0.5) is 0 Å². The molecule has 3 aliphatic rings. The molecule has 8 nitrogen and oxygen atoms in total. The standard InChI is InChI=1S/C22H29NO7/c1-22(2)16-8-13-10-23(19(24)11-28-12-20(25)26)7-6-17(13)29-21(16)15-5-4-14(27-3)9-18(15)30-22/h4-5,9,13,16-17,21H,6-8,10-12H2,1-3H3,(H,25,26)/t13-,16+,17+,21-/m1/s1. The predicted octanol–water partition coefficient (Wildman–Crippen LogP) is 2.26. The molecule has 3 heterocycles. The normalized spacial score (nSPS) is 29.1. The molecule has 4 rings (SSSR count). The van der Waals surface area contributed by atoms with E-state index in [9.17, 15) is 9.59 Å². The van der Waals surface area contributed by atoms with Crippen molar-refractivity contribution in [2.75, 3.05) is 33.4 Å². The van der Waals surface area contributed by atoms with E-state index < -0.39 is 18.2 Å². The Morgan fingerprint density at radius 2 is 2.10 bits per heavy atom. The number of nitrogens with zero attached hydrogens (tertiary/aromatic N) is 1. The number of ether oxygens (including phenoxy) is 4. The molecule has 0 aliphatic carbocycles. The van der Waals surface area contributed by atoms with Gasteiger partial charge in [0.05, 0.1) is 19.3 Å². The summed E-state index contributed by atoms with van der Waals surface area (Å²) in [6.45, 7) is 4.68. The quantitative estimate of drug-likeness (QED) is 0.782. The Hall–Kier alpha value is -2.32. The van der Waals surface area contributed by atoms with Crippen LogP contribution in [-0.2, 0) is 19.1 Å². The summed E-state index contributed by atoms with van der Waals surface area (Å²) >= 11 is 0. The SMILES string of the molecule is COc1ccc2c(c1)OC(C)(C)[C@H]1C[C@@H]3CN(C(=O)COCC(=O)O)CC[C@@H]3O[C@H]21. The van der Waals surface area contributed by atoms with Gasteiger partial charge in [0.15, 0.2) is 0 Å². The number of piperidine rings is 1. The molecule has 2 fully saturated rings. The Balaban J connectivity index is 1.47. The van der Waals surface area contributed by atoms with Crippen molar-refractivity contribution in [3.05, 3.63) is 23.8 Å². The highest BCUT2D eigenvalue weighted by molar-refractivity contribution is 5.78. The van der Waals surface area contributed by atoms with Crippen LogP contribution in [0.15, 0.2) is 18.2 Å². The average Bonchev–Trinajstić information content (AvgIpc) is 2.71. The topological polar surface area (TPSA) is 94.5 Å². The van der Waals surface area contributed by atoms with Crippen LogP contribution in [0.2, 0.25) is 0 Å². The molecule has 0 spiro atoms. The van der Waals surface area contributed by atoms with Gasteiger partial charge in [-0.15, -0.1) is 0 Å². The van der Waals surface area contributed by atoms with Gasteiger partial charge in [0, 0.05) is 36.6 Å². The van der Waals surface area contributed by atoms with E-state index >= 15 is 0 Å². The Bertz CT molecular complexity index is 824. The van der Waals surface area contributed by atoms with Crippen molar-refractivity contribution in [3.8, 4) is 11.5 Å². The first-order valence-corrected chi connectivity index (χ1v) is 10.4. The second-order valence-electron chi connectivity index (χ2n) is 8.82. The lowest BCUT2D eigenvalue weighted by molar-refractivity contribution is -0.189. The third kappa shape index (κ3) is 3.98. The van der Waals surface area contributed by atoms with Gasteiger partial charge < -0.3 is 29.0 Å². The van der Waals surface area contributed by atoms with Gasteiger partial charge in [-0.25, -0.2) is 4.79 Å². The van der Waals surface area contributed by atoms with Gasteiger partial charge in [-0.05, 0) is 38.8 Å². The molecule has 4 atom stereocenters. The summed E-state index contributed by atoms with van der Waals surface area (Å²) in [6.07, 6.45) is 1.69. The number of methoxy groups -OCH3 is 1. The molecule has 30 heavy (non-hydrogen) atoms. The van der Waals surface area contributed by atoms with E-state index in [2.05, 4.69) is 13.8 Å². The van der Waals surface area contributed by atoms with Gasteiger partial charge in [-0.1, -0.05) is 0 Å². The Kier molecular flexibility index (Phi) is 5.63. The maximum absolute atomic E-state index is 12.4. The summed E-state index contributed by atoms with van der Waals surface area (Å²) in [5.41, 5.74) is 0.644. The molecule has 1 aromatic carbocycles. The van der Waals surface area contributed by atoms with Gasteiger partial charge >= 0.3 is 5.97 Å². The monoisotopic (exact) mass is 419 g/mol. The average molecular weight is 419 g/mol. The van der Waals surface area contributed by atoms with E-state index in [0.717, 1.165) is 29.9 Å². The van der Waals surface area contributed by atoms with Crippen LogP contribution < -0.4 is 9.47 Å². The summed E-state index contributed by atoms with van der Waals surface area (Å²) < 4.78 is 23.3. The number of likely N-dealkylation sites (tertiary alicyclic amines) is 1. The van der Waals surface area contributed by atoms with Crippen LogP contribution in [0.1, 0.15) is 38.4 Å². The number of hydrogen-bond donors (Lipinski definition) is 1. The number of carboxylic acids is 1. The Morgan fingerprint density at radius 3 is 2.83 bits per heavy atom. The number of carbonyl (C=O) groups excluding carboxylic acids is 1. The van der Waals surface area contributed by atoms with E-state index in [0.29, 0.717) is 13.1 Å². The first kappa shape index (κ1) is 20.9. The highest BCUT2D eigenvalue weighted by Gasteiger charge is 2.51. The van der Waals surface area contributed by atoms with Crippen molar-refractivity contribution in [1.29, 1.82) is 0 Å². The molecule has 0 radical (unpaired) electrons. The van der Waals surface area contributed by atoms with E-state index in [-0.39, 0.29) is 36.6 Å². The van der Waals surface area contributed by atoms with E-state index in [4.69, 9.17) is 24.1 Å². The molecule has 1 aromatic rings. The number of amides is 1. The first-order chi connectivity index (χ1) is 14.3. The van der Waals surface area contributed by atoms with Gasteiger partial charge in [0.2, 0.25) is 5.91 Å². The highest BCUT2D eigenvalue weighted by atomic mass is 16.5. The zero-order chi connectivity index (χ0) is 21.5. The summed E-state index contributed by atoms with van der Waals surface area (Å²) in [5.74, 6) is 0.694. The third-order valence-electron chi connectivity index (χ3n) is 6.50. The van der Waals surface area contributed by atoms with Crippen LogP contribution in [0, 0.1) is 11.8 Å². The Labute approximate surface area is 176 Å². The molecule has 0 bridgehead atoms. The van der Waals surface area contributed by atoms with Crippen LogP contribution >= 0.6 is 0 Å². The van der Waals surface area contributed by atoms with E-state index in [1.54, 1.807) is 12.0 Å². The summed E-state index contributed by atoms with van der Waals surface area (Å²) in [4.78, 5) is 24.8. The van der Waals surface area contributed by atoms with Crippen molar-refractivity contribution in [1.82, 2.24) is 4.90 Å². The number of benzene rings is 1. The number of aliphatic carboxylic acids is 1. The molecule has 1 N–H and O–H groups in total. The predicted molar refractivity (Wildman–Crippen MR) is 107 cm³/mol. The summed E-state index contributed by atoms with van der Waals surface area (Å²) in [6, 6.07) is 5.88. The van der Waals surface area contributed by atoms with E-state index in [1.807, 2.05) is 18.2 Å². The van der Waals surface area contributed by atoms with Gasteiger partial charge in [-0.3, -0.25) is 4.79 Å². The van der Waals surface area contributed by atoms with Crippen LogP contribution in [0.3, 0.4) is 0 Å². The smallest absolute Gasteiger partial charge is 0.329 e. The molecule has 3 aliphatic heterocycles. The number of carbonyl (C=O) groups is 2. The molecule has 164 valence electrons. The zero-order valence-corrected chi connectivity index (χ0v) is 17.6.